The largest absolute Gasteiger partial charge is 1.00 e. The maximum atomic E-state index is 5.20. The predicted molar refractivity (Wildman–Crippen MR) is 40.6 cm³/mol. The number of hydrazine groups is 1. The fourth-order valence-corrected chi connectivity index (χ4v) is 0.864. The number of ether oxygens (including phenoxy) is 1. The molecule has 1 fully saturated rings. The number of hydrogen-bond acceptors (Lipinski definition) is 3. The third-order valence-electron chi connectivity index (χ3n) is 1.46. The lowest BCUT2D eigenvalue weighted by molar-refractivity contribution is 0.0781. The second kappa shape index (κ2) is 4.99. The van der Waals surface area contributed by atoms with E-state index in [0.29, 0.717) is 6.04 Å². The number of hydrogen-bond donors (Lipinski definition) is 2. The number of nitrogens with two attached hydrogens (primary N) is 1. The van der Waals surface area contributed by atoms with Gasteiger partial charge in [-0.15, -0.1) is 12.4 Å². The van der Waals surface area contributed by atoms with Crippen LogP contribution < -0.4 is 11.3 Å². The molecule has 0 aromatic rings. The van der Waals surface area contributed by atoms with Gasteiger partial charge in [0, 0.05) is 19.3 Å². The Kier molecular flexibility index (Phi) is 5.09. The molecule has 3 nitrogen and oxygen atoms in total. The van der Waals surface area contributed by atoms with Crippen molar-refractivity contribution in [1.82, 2.24) is 5.43 Å². The molecule has 0 spiro atoms. The molecule has 0 radical (unpaired) electrons. The zero-order valence-corrected chi connectivity index (χ0v) is 6.12. The molecule has 1 saturated heterocycles. The normalized spacial score (nSPS) is 21.0. The third kappa shape index (κ3) is 3.01. The highest BCUT2D eigenvalue weighted by Crippen LogP contribution is 2.03. The van der Waals surface area contributed by atoms with Crippen LogP contribution >= 0.6 is 12.4 Å². The molecular formula is C5H15ClN2O+2. The highest BCUT2D eigenvalue weighted by Gasteiger charge is 2.10. The maximum Gasteiger partial charge on any atom is 1.00 e. The molecule has 1 aliphatic heterocycles. The molecule has 0 amide bonds. The Morgan fingerprint density at radius 2 is 2.00 bits per heavy atom. The van der Waals surface area contributed by atoms with E-state index in [0.717, 1.165) is 26.1 Å². The molecule has 0 aliphatic carbocycles. The van der Waals surface area contributed by atoms with E-state index in [1.807, 2.05) is 0 Å². The molecular weight excluding hydrogens is 140 g/mol. The molecule has 0 unspecified atom stereocenters. The molecule has 0 saturated carbocycles. The number of halogens is 1. The summed E-state index contributed by atoms with van der Waals surface area (Å²) >= 11 is 0. The minimum absolute atomic E-state index is 0. The minimum atomic E-state index is 0. The van der Waals surface area contributed by atoms with E-state index < -0.39 is 0 Å². The van der Waals surface area contributed by atoms with Crippen molar-refractivity contribution >= 4 is 12.4 Å². The lowest BCUT2D eigenvalue weighted by Gasteiger charge is -2.20. The van der Waals surface area contributed by atoms with Gasteiger partial charge >= 0.3 is 2.85 Å². The molecule has 3 N–H and O–H groups in total. The first kappa shape index (κ1) is 9.17. The molecule has 1 aliphatic rings. The van der Waals surface area contributed by atoms with E-state index >= 15 is 0 Å². The van der Waals surface area contributed by atoms with Crippen molar-refractivity contribution in [2.24, 2.45) is 5.84 Å². The third-order valence-corrected chi connectivity index (χ3v) is 1.46. The smallest absolute Gasteiger partial charge is 0.381 e. The van der Waals surface area contributed by atoms with E-state index in [2.05, 4.69) is 5.43 Å². The molecule has 0 atom stereocenters. The van der Waals surface area contributed by atoms with Crippen LogP contribution in [0.4, 0.5) is 0 Å². The first-order valence-electron chi connectivity index (χ1n) is 2.97. The Labute approximate surface area is 64.3 Å². The van der Waals surface area contributed by atoms with Crippen LogP contribution in [0.2, 0.25) is 0 Å². The number of rotatable bonds is 1. The average molecular weight is 155 g/mol. The summed E-state index contributed by atoms with van der Waals surface area (Å²) in [5, 5.41) is 0. The monoisotopic (exact) mass is 154 g/mol. The Morgan fingerprint density at radius 1 is 1.44 bits per heavy atom. The molecule has 1 rings (SSSR count). The van der Waals surface area contributed by atoms with Gasteiger partial charge in [-0.25, -0.2) is 0 Å². The lowest BCUT2D eigenvalue weighted by Crippen LogP contribution is -2.39. The van der Waals surface area contributed by atoms with E-state index in [9.17, 15) is 0 Å². The van der Waals surface area contributed by atoms with Gasteiger partial charge in [0.25, 0.3) is 0 Å². The molecule has 0 bridgehead atoms. The second-order valence-electron chi connectivity index (χ2n) is 2.05. The van der Waals surface area contributed by atoms with Crippen molar-refractivity contribution < 1.29 is 7.59 Å². The molecule has 0 aromatic carbocycles. The van der Waals surface area contributed by atoms with Crippen molar-refractivity contribution in [3.8, 4) is 0 Å². The Bertz CT molecular complexity index is 73.5. The molecule has 1 heterocycles. The van der Waals surface area contributed by atoms with E-state index in [4.69, 9.17) is 10.6 Å². The maximum absolute atomic E-state index is 5.20. The van der Waals surface area contributed by atoms with Crippen LogP contribution in [0.3, 0.4) is 0 Å². The van der Waals surface area contributed by atoms with Gasteiger partial charge < -0.3 is 4.74 Å². The Morgan fingerprint density at radius 3 is 2.33 bits per heavy atom. The second-order valence-corrected chi connectivity index (χ2v) is 2.05. The quantitative estimate of drug-likeness (QED) is 0.421. The summed E-state index contributed by atoms with van der Waals surface area (Å²) in [7, 11) is 0. The van der Waals surface area contributed by atoms with Crippen molar-refractivity contribution in [2.75, 3.05) is 13.2 Å². The predicted octanol–water partition coefficient (Wildman–Crippen LogP) is 0.275. The number of nitrogens with one attached hydrogen (secondary N) is 1. The summed E-state index contributed by atoms with van der Waals surface area (Å²) in [4.78, 5) is 0. The van der Waals surface area contributed by atoms with E-state index in [1.54, 1.807) is 0 Å². The van der Waals surface area contributed by atoms with Gasteiger partial charge in [-0.05, 0) is 12.8 Å². The zero-order valence-electron chi connectivity index (χ0n) is 7.30. The summed E-state index contributed by atoms with van der Waals surface area (Å²) in [5.41, 5.74) is 2.72. The van der Waals surface area contributed by atoms with Crippen LogP contribution in [-0.4, -0.2) is 19.3 Å². The van der Waals surface area contributed by atoms with Gasteiger partial charge in [0.15, 0.2) is 0 Å². The van der Waals surface area contributed by atoms with Crippen molar-refractivity contribution in [2.45, 2.75) is 18.9 Å². The summed E-state index contributed by atoms with van der Waals surface area (Å²) < 4.78 is 5.11. The average Bonchev–Trinajstić information content (AvgIpc) is 1.90. The summed E-state index contributed by atoms with van der Waals surface area (Å²) in [6.07, 6.45) is 2.10. The summed E-state index contributed by atoms with van der Waals surface area (Å²) in [6.45, 7) is 1.71. The van der Waals surface area contributed by atoms with Gasteiger partial charge in [-0.1, -0.05) is 0 Å². The Hall–Kier alpha value is 0.170. The van der Waals surface area contributed by atoms with Crippen LogP contribution in [0.5, 0.6) is 0 Å². The van der Waals surface area contributed by atoms with Gasteiger partial charge in [0.1, 0.15) is 0 Å². The van der Waals surface area contributed by atoms with Crippen LogP contribution in [0.15, 0.2) is 0 Å². The fraction of sp³-hybridized carbons (Fsp3) is 1.00. The van der Waals surface area contributed by atoms with Gasteiger partial charge in [-0.2, -0.15) is 0 Å². The lowest BCUT2D eigenvalue weighted by atomic mass is 10.1. The van der Waals surface area contributed by atoms with Crippen LogP contribution in [-0.2, 0) is 4.74 Å². The first-order chi connectivity index (χ1) is 3.93. The molecule has 4 heteroatoms. The SMILES string of the molecule is Cl.NNC1CCOCC1.[H+].[H+]. The molecule has 0 aromatic heterocycles. The van der Waals surface area contributed by atoms with Crippen LogP contribution in [0.1, 0.15) is 15.7 Å². The molecule has 9 heavy (non-hydrogen) atoms. The van der Waals surface area contributed by atoms with E-state index in [-0.39, 0.29) is 15.3 Å². The highest BCUT2D eigenvalue weighted by molar-refractivity contribution is 5.85. The van der Waals surface area contributed by atoms with Crippen LogP contribution in [0.25, 0.3) is 0 Å². The van der Waals surface area contributed by atoms with Crippen molar-refractivity contribution in [3.05, 3.63) is 0 Å². The highest BCUT2D eigenvalue weighted by atomic mass is 35.5. The minimum Gasteiger partial charge on any atom is -0.381 e. The molecule has 56 valence electrons. The van der Waals surface area contributed by atoms with Crippen molar-refractivity contribution in [1.29, 1.82) is 0 Å². The van der Waals surface area contributed by atoms with Crippen LogP contribution in [0, 0.1) is 0 Å². The zero-order chi connectivity index (χ0) is 5.82. The van der Waals surface area contributed by atoms with Gasteiger partial charge in [0.2, 0.25) is 0 Å². The van der Waals surface area contributed by atoms with Gasteiger partial charge in [-0.3, -0.25) is 11.3 Å². The van der Waals surface area contributed by atoms with Gasteiger partial charge in [0.05, 0.1) is 0 Å². The van der Waals surface area contributed by atoms with E-state index in [1.165, 1.54) is 0 Å². The van der Waals surface area contributed by atoms with Crippen molar-refractivity contribution in [3.63, 3.8) is 0 Å². The first-order valence-corrected chi connectivity index (χ1v) is 2.97. The standard InChI is InChI=1S/C5H12N2O.ClH/c6-7-5-1-3-8-4-2-5;/h5,7H,1-4,6H2;1H/p+2. The topological polar surface area (TPSA) is 47.3 Å². The Balaban J connectivity index is -0.000000213. The summed E-state index contributed by atoms with van der Waals surface area (Å²) in [6, 6.07) is 0.490. The summed E-state index contributed by atoms with van der Waals surface area (Å²) in [5.74, 6) is 5.20. The fourth-order valence-electron chi connectivity index (χ4n) is 0.864.